The van der Waals surface area contributed by atoms with Crippen LogP contribution in [0.1, 0.15) is 33.3 Å². The molecule has 116 valence electrons. The predicted molar refractivity (Wildman–Crippen MR) is 64.9 cm³/mol. The van der Waals surface area contributed by atoms with Gasteiger partial charge in [-0.1, -0.05) is 27.7 Å². The molecule has 0 spiro atoms. The van der Waals surface area contributed by atoms with E-state index in [2.05, 4.69) is 4.98 Å². The van der Waals surface area contributed by atoms with E-state index >= 15 is 0 Å². The van der Waals surface area contributed by atoms with Crippen LogP contribution in [0.15, 0.2) is 0 Å². The molecule has 0 radical (unpaired) electrons. The van der Waals surface area contributed by atoms with Crippen LogP contribution in [-0.4, -0.2) is 11.0 Å². The SMILES string of the molecule is CC1(C)C(C(=O)OCc2c(F)c(F)nc(F)c2F)C1(C)C. The van der Waals surface area contributed by atoms with E-state index in [9.17, 15) is 22.4 Å². The molecule has 3 nitrogen and oxygen atoms in total. The minimum Gasteiger partial charge on any atom is -0.460 e. The molecule has 1 saturated carbocycles. The maximum absolute atomic E-state index is 13.4. The number of aromatic nitrogens is 1. The number of esters is 1. The number of rotatable bonds is 3. The number of ether oxygens (including phenoxy) is 1. The predicted octanol–water partition coefficient (Wildman–Crippen LogP) is 3.36. The molecule has 1 heterocycles. The van der Waals surface area contributed by atoms with Gasteiger partial charge in [0.25, 0.3) is 11.9 Å². The average Bonchev–Trinajstić information content (AvgIpc) is 2.77. The lowest BCUT2D eigenvalue weighted by molar-refractivity contribution is -0.148. The summed E-state index contributed by atoms with van der Waals surface area (Å²) in [5.74, 6) is -7.94. The number of nitrogens with zero attached hydrogens (tertiary/aromatic N) is 1. The van der Waals surface area contributed by atoms with Crippen LogP contribution in [0.25, 0.3) is 0 Å². The Kier molecular flexibility index (Phi) is 3.50. The monoisotopic (exact) mass is 305 g/mol. The molecule has 0 aromatic carbocycles. The summed E-state index contributed by atoms with van der Waals surface area (Å²) in [5.41, 5.74) is -1.60. The van der Waals surface area contributed by atoms with Crippen molar-refractivity contribution >= 4 is 5.97 Å². The van der Waals surface area contributed by atoms with Crippen molar-refractivity contribution in [1.29, 1.82) is 0 Å². The standard InChI is InChI=1S/C14H15F4NO2/c1-13(2)9(14(13,3)4)12(20)21-5-6-7(15)10(17)19-11(18)8(6)16/h9H,5H2,1-4H3. The van der Waals surface area contributed by atoms with Gasteiger partial charge < -0.3 is 4.74 Å². The lowest BCUT2D eigenvalue weighted by atomic mass is 10.0. The fourth-order valence-electron chi connectivity index (χ4n) is 2.67. The number of hydrogen-bond acceptors (Lipinski definition) is 3. The zero-order chi connectivity index (χ0) is 16.2. The van der Waals surface area contributed by atoms with E-state index in [4.69, 9.17) is 4.74 Å². The Balaban J connectivity index is 2.14. The van der Waals surface area contributed by atoms with Crippen molar-refractivity contribution in [3.8, 4) is 0 Å². The lowest BCUT2D eigenvalue weighted by Gasteiger charge is -2.08. The second kappa shape index (κ2) is 4.68. The van der Waals surface area contributed by atoms with Crippen LogP contribution in [-0.2, 0) is 16.1 Å². The van der Waals surface area contributed by atoms with Crippen LogP contribution in [0.2, 0.25) is 0 Å². The first-order valence-electron chi connectivity index (χ1n) is 6.37. The van der Waals surface area contributed by atoms with Crippen molar-refractivity contribution in [3.63, 3.8) is 0 Å². The molecule has 0 bridgehead atoms. The van der Waals surface area contributed by atoms with Gasteiger partial charge in [-0.3, -0.25) is 4.79 Å². The number of carbonyl (C=O) groups is 1. The van der Waals surface area contributed by atoms with Gasteiger partial charge in [0, 0.05) is 0 Å². The zero-order valence-electron chi connectivity index (χ0n) is 12.1. The normalized spacial score (nSPS) is 19.4. The maximum Gasteiger partial charge on any atom is 0.310 e. The molecule has 0 unspecified atom stereocenters. The Labute approximate surface area is 119 Å². The lowest BCUT2D eigenvalue weighted by Crippen LogP contribution is -2.14. The summed E-state index contributed by atoms with van der Waals surface area (Å²) in [6.45, 7) is 6.59. The molecule has 0 atom stereocenters. The second-order valence-corrected chi connectivity index (χ2v) is 6.28. The van der Waals surface area contributed by atoms with Gasteiger partial charge in [0.1, 0.15) is 6.61 Å². The van der Waals surface area contributed by atoms with E-state index in [1.54, 1.807) is 0 Å². The molecule has 7 heteroatoms. The Morgan fingerprint density at radius 3 is 1.86 bits per heavy atom. The molecule has 1 aromatic rings. The molecule has 0 N–H and O–H groups in total. The van der Waals surface area contributed by atoms with Gasteiger partial charge in [-0.2, -0.15) is 13.8 Å². The van der Waals surface area contributed by atoms with Crippen molar-refractivity contribution in [2.75, 3.05) is 0 Å². The van der Waals surface area contributed by atoms with Gasteiger partial charge in [0.15, 0.2) is 11.6 Å². The van der Waals surface area contributed by atoms with Crippen LogP contribution < -0.4 is 0 Å². The van der Waals surface area contributed by atoms with Crippen LogP contribution in [0.3, 0.4) is 0 Å². The third-order valence-corrected chi connectivity index (χ3v) is 4.70. The van der Waals surface area contributed by atoms with Crippen molar-refractivity contribution in [3.05, 3.63) is 29.1 Å². The van der Waals surface area contributed by atoms with Crippen molar-refractivity contribution in [2.24, 2.45) is 16.7 Å². The highest BCUT2D eigenvalue weighted by Gasteiger charge is 2.69. The first-order valence-corrected chi connectivity index (χ1v) is 6.37. The molecular weight excluding hydrogens is 290 g/mol. The maximum atomic E-state index is 13.4. The molecule has 0 saturated heterocycles. The number of pyridine rings is 1. The average molecular weight is 305 g/mol. The highest BCUT2D eigenvalue weighted by molar-refractivity contribution is 5.78. The largest absolute Gasteiger partial charge is 0.460 e. The minimum atomic E-state index is -1.77. The topological polar surface area (TPSA) is 39.2 Å². The van der Waals surface area contributed by atoms with E-state index < -0.39 is 47.6 Å². The quantitative estimate of drug-likeness (QED) is 0.488. The van der Waals surface area contributed by atoms with E-state index in [0.717, 1.165) is 0 Å². The van der Waals surface area contributed by atoms with E-state index in [1.165, 1.54) is 0 Å². The molecule has 1 fully saturated rings. The Bertz CT molecular complexity index is 573. The number of halogens is 4. The summed E-state index contributed by atoms with van der Waals surface area (Å²) in [6.07, 6.45) is 0. The van der Waals surface area contributed by atoms with Gasteiger partial charge in [-0.05, 0) is 10.8 Å². The summed E-state index contributed by atoms with van der Waals surface area (Å²) >= 11 is 0. The molecule has 1 aromatic heterocycles. The number of carbonyl (C=O) groups excluding carboxylic acids is 1. The second-order valence-electron chi connectivity index (χ2n) is 6.28. The zero-order valence-corrected chi connectivity index (χ0v) is 12.1. The summed E-state index contributed by atoms with van der Waals surface area (Å²) in [6, 6.07) is 0. The van der Waals surface area contributed by atoms with E-state index in [1.807, 2.05) is 27.7 Å². The summed E-state index contributed by atoms with van der Waals surface area (Å²) in [7, 11) is 0. The highest BCUT2D eigenvalue weighted by Crippen LogP contribution is 2.68. The van der Waals surface area contributed by atoms with Gasteiger partial charge in [0.05, 0.1) is 11.5 Å². The fraction of sp³-hybridized carbons (Fsp3) is 0.571. The smallest absolute Gasteiger partial charge is 0.310 e. The fourth-order valence-corrected chi connectivity index (χ4v) is 2.67. The third-order valence-electron chi connectivity index (χ3n) is 4.70. The minimum absolute atomic E-state index is 0.310. The third kappa shape index (κ3) is 2.28. The Morgan fingerprint density at radius 1 is 1.05 bits per heavy atom. The van der Waals surface area contributed by atoms with E-state index in [-0.39, 0.29) is 10.8 Å². The summed E-state index contributed by atoms with van der Waals surface area (Å²) in [4.78, 5) is 14.4. The van der Waals surface area contributed by atoms with Crippen molar-refractivity contribution in [2.45, 2.75) is 34.3 Å². The van der Waals surface area contributed by atoms with Crippen LogP contribution in [0.5, 0.6) is 0 Å². The van der Waals surface area contributed by atoms with Crippen molar-refractivity contribution < 1.29 is 27.1 Å². The van der Waals surface area contributed by atoms with Gasteiger partial charge in [-0.25, -0.2) is 8.78 Å². The van der Waals surface area contributed by atoms with Crippen molar-refractivity contribution in [1.82, 2.24) is 4.98 Å². The molecule has 2 rings (SSSR count). The first kappa shape index (κ1) is 15.7. The summed E-state index contributed by atoms with van der Waals surface area (Å²) in [5, 5.41) is 0. The highest BCUT2D eigenvalue weighted by atomic mass is 19.2. The van der Waals surface area contributed by atoms with Gasteiger partial charge in [-0.15, -0.1) is 0 Å². The molecule has 0 aliphatic heterocycles. The Hall–Kier alpha value is -1.66. The van der Waals surface area contributed by atoms with Crippen LogP contribution >= 0.6 is 0 Å². The Morgan fingerprint density at radius 2 is 1.48 bits per heavy atom. The van der Waals surface area contributed by atoms with Crippen LogP contribution in [0, 0.1) is 40.3 Å². The van der Waals surface area contributed by atoms with Gasteiger partial charge >= 0.3 is 5.97 Å². The van der Waals surface area contributed by atoms with E-state index in [0.29, 0.717) is 0 Å². The first-order chi connectivity index (χ1) is 9.51. The van der Waals surface area contributed by atoms with Crippen LogP contribution in [0.4, 0.5) is 17.6 Å². The molecule has 1 aliphatic carbocycles. The summed E-state index contributed by atoms with van der Waals surface area (Å²) < 4.78 is 57.4. The van der Waals surface area contributed by atoms with Gasteiger partial charge in [0.2, 0.25) is 0 Å². The number of hydrogen-bond donors (Lipinski definition) is 0. The molecule has 0 amide bonds. The molecule has 1 aliphatic rings. The molecule has 21 heavy (non-hydrogen) atoms. The molecular formula is C14H15F4NO2.